The van der Waals surface area contributed by atoms with Crippen LogP contribution in [-0.2, 0) is 6.42 Å². The second-order valence-corrected chi connectivity index (χ2v) is 4.50. The highest BCUT2D eigenvalue weighted by Gasteiger charge is 2.10. The number of rotatable bonds is 7. The molecule has 1 aromatic rings. The molecule has 2 unspecified atom stereocenters. The maximum absolute atomic E-state index is 8.86. The first kappa shape index (κ1) is 14.0. The SMILES string of the molecule is COc1ccccc1CC(C)NC(C)CCO. The van der Waals surface area contributed by atoms with Gasteiger partial charge in [0.15, 0.2) is 0 Å². The van der Waals surface area contributed by atoms with Crippen molar-refractivity contribution < 1.29 is 9.84 Å². The number of benzene rings is 1. The molecule has 0 spiro atoms. The third-order valence-electron chi connectivity index (χ3n) is 2.85. The Hall–Kier alpha value is -1.06. The van der Waals surface area contributed by atoms with Gasteiger partial charge in [0.1, 0.15) is 5.75 Å². The zero-order valence-corrected chi connectivity index (χ0v) is 10.9. The summed E-state index contributed by atoms with van der Waals surface area (Å²) in [5, 5.41) is 12.3. The first-order valence-corrected chi connectivity index (χ1v) is 6.16. The van der Waals surface area contributed by atoms with Crippen LogP contribution >= 0.6 is 0 Å². The third-order valence-corrected chi connectivity index (χ3v) is 2.85. The standard InChI is InChI=1S/C14H23NO2/c1-11(8-9-16)15-12(2)10-13-6-4-5-7-14(13)17-3/h4-7,11-12,15-16H,8-10H2,1-3H3. The van der Waals surface area contributed by atoms with E-state index in [4.69, 9.17) is 9.84 Å². The van der Waals surface area contributed by atoms with Crippen LogP contribution in [0.3, 0.4) is 0 Å². The Morgan fingerprint density at radius 1 is 1.24 bits per heavy atom. The highest BCUT2D eigenvalue weighted by Crippen LogP contribution is 2.18. The molecule has 0 saturated heterocycles. The Morgan fingerprint density at radius 2 is 1.94 bits per heavy atom. The minimum atomic E-state index is 0.232. The van der Waals surface area contributed by atoms with Gasteiger partial charge in [0.2, 0.25) is 0 Å². The molecule has 0 aliphatic carbocycles. The average Bonchev–Trinajstić information content (AvgIpc) is 2.29. The Balaban J connectivity index is 2.52. The topological polar surface area (TPSA) is 41.5 Å². The van der Waals surface area contributed by atoms with Crippen LogP contribution < -0.4 is 10.1 Å². The number of methoxy groups -OCH3 is 1. The number of nitrogens with one attached hydrogen (secondary N) is 1. The van der Waals surface area contributed by atoms with E-state index in [1.165, 1.54) is 5.56 Å². The molecular weight excluding hydrogens is 214 g/mol. The first-order chi connectivity index (χ1) is 8.17. The summed E-state index contributed by atoms with van der Waals surface area (Å²) in [6.45, 7) is 4.48. The lowest BCUT2D eigenvalue weighted by molar-refractivity contribution is 0.264. The fourth-order valence-corrected chi connectivity index (χ4v) is 2.02. The fourth-order valence-electron chi connectivity index (χ4n) is 2.02. The lowest BCUT2D eigenvalue weighted by Gasteiger charge is -2.20. The molecular formula is C14H23NO2. The molecule has 0 amide bonds. The molecule has 17 heavy (non-hydrogen) atoms. The minimum absolute atomic E-state index is 0.232. The van der Waals surface area contributed by atoms with Crippen LogP contribution in [-0.4, -0.2) is 30.9 Å². The van der Waals surface area contributed by atoms with Gasteiger partial charge in [0.25, 0.3) is 0 Å². The number of hydrogen-bond donors (Lipinski definition) is 2. The zero-order chi connectivity index (χ0) is 12.7. The summed E-state index contributed by atoms with van der Waals surface area (Å²) < 4.78 is 5.33. The molecule has 3 nitrogen and oxygen atoms in total. The zero-order valence-electron chi connectivity index (χ0n) is 10.9. The predicted octanol–water partition coefficient (Wildman–Crippen LogP) is 1.99. The van der Waals surface area contributed by atoms with Crippen molar-refractivity contribution in [3.63, 3.8) is 0 Å². The number of hydrogen-bond acceptors (Lipinski definition) is 3. The van der Waals surface area contributed by atoms with E-state index in [9.17, 15) is 0 Å². The molecule has 0 aromatic heterocycles. The van der Waals surface area contributed by atoms with E-state index in [2.05, 4.69) is 25.2 Å². The summed E-state index contributed by atoms with van der Waals surface area (Å²) in [7, 11) is 1.70. The van der Waals surface area contributed by atoms with Gasteiger partial charge in [0, 0.05) is 18.7 Å². The van der Waals surface area contributed by atoms with E-state index >= 15 is 0 Å². The van der Waals surface area contributed by atoms with Gasteiger partial charge in [-0.15, -0.1) is 0 Å². The molecule has 0 aliphatic heterocycles. The lowest BCUT2D eigenvalue weighted by Crippen LogP contribution is -2.36. The highest BCUT2D eigenvalue weighted by molar-refractivity contribution is 5.33. The number of aliphatic hydroxyl groups excluding tert-OH is 1. The molecule has 0 heterocycles. The van der Waals surface area contributed by atoms with Crippen LogP contribution in [0.25, 0.3) is 0 Å². The van der Waals surface area contributed by atoms with Gasteiger partial charge in [-0.3, -0.25) is 0 Å². The first-order valence-electron chi connectivity index (χ1n) is 6.16. The van der Waals surface area contributed by atoms with Crippen molar-refractivity contribution in [1.29, 1.82) is 0 Å². The quantitative estimate of drug-likeness (QED) is 0.762. The molecule has 1 aromatic carbocycles. The van der Waals surface area contributed by atoms with Gasteiger partial charge >= 0.3 is 0 Å². The Bertz CT molecular complexity index is 328. The summed E-state index contributed by atoms with van der Waals surface area (Å²) in [5.74, 6) is 0.941. The molecule has 0 saturated carbocycles. The van der Waals surface area contributed by atoms with E-state index in [-0.39, 0.29) is 6.61 Å². The fraction of sp³-hybridized carbons (Fsp3) is 0.571. The van der Waals surface area contributed by atoms with E-state index in [0.29, 0.717) is 12.1 Å². The van der Waals surface area contributed by atoms with Gasteiger partial charge in [-0.05, 0) is 38.3 Å². The summed E-state index contributed by atoms with van der Waals surface area (Å²) in [6.07, 6.45) is 1.72. The lowest BCUT2D eigenvalue weighted by atomic mass is 10.0. The number of para-hydroxylation sites is 1. The van der Waals surface area contributed by atoms with Crippen LogP contribution in [0, 0.1) is 0 Å². The number of ether oxygens (including phenoxy) is 1. The van der Waals surface area contributed by atoms with Gasteiger partial charge in [0.05, 0.1) is 7.11 Å². The molecule has 3 heteroatoms. The Morgan fingerprint density at radius 3 is 2.59 bits per heavy atom. The van der Waals surface area contributed by atoms with Crippen LogP contribution in [0.2, 0.25) is 0 Å². The average molecular weight is 237 g/mol. The smallest absolute Gasteiger partial charge is 0.122 e. The Kier molecular flexibility index (Phi) is 6.01. The van der Waals surface area contributed by atoms with Gasteiger partial charge in [-0.25, -0.2) is 0 Å². The molecule has 2 atom stereocenters. The van der Waals surface area contributed by atoms with E-state index in [1.807, 2.05) is 18.2 Å². The molecule has 1 rings (SSSR count). The second-order valence-electron chi connectivity index (χ2n) is 4.50. The van der Waals surface area contributed by atoms with Crippen molar-refractivity contribution in [1.82, 2.24) is 5.32 Å². The molecule has 0 fully saturated rings. The van der Waals surface area contributed by atoms with Crippen LogP contribution in [0.15, 0.2) is 24.3 Å². The van der Waals surface area contributed by atoms with Crippen molar-refractivity contribution in [2.75, 3.05) is 13.7 Å². The molecule has 0 aliphatic rings. The summed E-state index contributed by atoms with van der Waals surface area (Å²) in [6, 6.07) is 8.79. The van der Waals surface area contributed by atoms with E-state index in [1.54, 1.807) is 7.11 Å². The molecule has 0 bridgehead atoms. The van der Waals surface area contributed by atoms with Crippen molar-refractivity contribution >= 4 is 0 Å². The van der Waals surface area contributed by atoms with Crippen molar-refractivity contribution in [2.45, 2.75) is 38.8 Å². The van der Waals surface area contributed by atoms with Crippen molar-refractivity contribution in [2.24, 2.45) is 0 Å². The monoisotopic (exact) mass is 237 g/mol. The maximum Gasteiger partial charge on any atom is 0.122 e. The largest absolute Gasteiger partial charge is 0.496 e. The van der Waals surface area contributed by atoms with Gasteiger partial charge in [-0.1, -0.05) is 18.2 Å². The predicted molar refractivity (Wildman–Crippen MR) is 70.5 cm³/mol. The molecule has 0 radical (unpaired) electrons. The van der Waals surface area contributed by atoms with Crippen molar-refractivity contribution in [3.8, 4) is 5.75 Å². The molecule has 96 valence electrons. The molecule has 2 N–H and O–H groups in total. The van der Waals surface area contributed by atoms with E-state index < -0.39 is 0 Å². The highest BCUT2D eigenvalue weighted by atomic mass is 16.5. The number of aliphatic hydroxyl groups is 1. The van der Waals surface area contributed by atoms with Gasteiger partial charge < -0.3 is 15.2 Å². The van der Waals surface area contributed by atoms with Crippen molar-refractivity contribution in [3.05, 3.63) is 29.8 Å². The van der Waals surface area contributed by atoms with Crippen LogP contribution in [0.4, 0.5) is 0 Å². The Labute approximate surface area is 104 Å². The van der Waals surface area contributed by atoms with Gasteiger partial charge in [-0.2, -0.15) is 0 Å². The summed E-state index contributed by atoms with van der Waals surface area (Å²) >= 11 is 0. The van der Waals surface area contributed by atoms with Crippen LogP contribution in [0.1, 0.15) is 25.8 Å². The van der Waals surface area contributed by atoms with E-state index in [0.717, 1.165) is 18.6 Å². The summed E-state index contributed by atoms with van der Waals surface area (Å²) in [4.78, 5) is 0. The minimum Gasteiger partial charge on any atom is -0.496 e. The maximum atomic E-state index is 8.86. The normalized spacial score (nSPS) is 14.4. The third kappa shape index (κ3) is 4.75. The second kappa shape index (κ2) is 7.30. The summed E-state index contributed by atoms with van der Waals surface area (Å²) in [5.41, 5.74) is 1.21. The van der Waals surface area contributed by atoms with Crippen LogP contribution in [0.5, 0.6) is 5.75 Å².